The molecular weight excluding hydrogens is 530 g/mol. The van der Waals surface area contributed by atoms with Crippen molar-refractivity contribution in [3.05, 3.63) is 22.4 Å². The Labute approximate surface area is 198 Å². The fourth-order valence-electron chi connectivity index (χ4n) is 3.22. The van der Waals surface area contributed by atoms with Crippen LogP contribution in [0.4, 0.5) is 13.2 Å². The second-order valence-electron chi connectivity index (χ2n) is 7.03. The third-order valence-corrected chi connectivity index (χ3v) is 5.56. The molecule has 1 saturated heterocycles. The lowest BCUT2D eigenvalue weighted by Crippen LogP contribution is -2.42. The van der Waals surface area contributed by atoms with Gasteiger partial charge in [-0.15, -0.1) is 35.3 Å². The molecule has 0 bridgehead atoms. The van der Waals surface area contributed by atoms with Crippen molar-refractivity contribution in [2.75, 3.05) is 66.1 Å². The molecule has 2 heterocycles. The molecule has 1 aliphatic heterocycles. The Morgan fingerprint density at radius 2 is 2.07 bits per heavy atom. The Kier molecular flexibility index (Phi) is 13.2. The molecule has 1 unspecified atom stereocenters. The highest BCUT2D eigenvalue weighted by Gasteiger charge is 2.28. The van der Waals surface area contributed by atoms with E-state index in [9.17, 15) is 13.2 Å². The highest BCUT2D eigenvalue weighted by molar-refractivity contribution is 14.0. The maximum atomic E-state index is 12.4. The van der Waals surface area contributed by atoms with Gasteiger partial charge in [0.2, 0.25) is 0 Å². The summed E-state index contributed by atoms with van der Waals surface area (Å²) in [6.45, 7) is 6.61. The van der Waals surface area contributed by atoms with E-state index in [1.54, 1.807) is 11.3 Å². The van der Waals surface area contributed by atoms with Crippen LogP contribution >= 0.6 is 35.3 Å². The van der Waals surface area contributed by atoms with E-state index in [-0.39, 0.29) is 30.0 Å². The van der Waals surface area contributed by atoms with E-state index in [2.05, 4.69) is 33.0 Å². The van der Waals surface area contributed by atoms with E-state index >= 15 is 0 Å². The largest absolute Gasteiger partial charge is 0.401 e. The molecule has 0 spiro atoms. The first-order valence-corrected chi connectivity index (χ1v) is 10.9. The Morgan fingerprint density at radius 1 is 1.33 bits per heavy atom. The minimum atomic E-state index is -4.16. The second kappa shape index (κ2) is 14.4. The predicted octanol–water partition coefficient (Wildman–Crippen LogP) is 3.18. The molecule has 0 radical (unpaired) electrons. The van der Waals surface area contributed by atoms with Gasteiger partial charge < -0.3 is 15.4 Å². The van der Waals surface area contributed by atoms with E-state index in [4.69, 9.17) is 9.73 Å². The third-order valence-electron chi connectivity index (χ3n) is 4.58. The zero-order chi connectivity index (χ0) is 21.1. The van der Waals surface area contributed by atoms with E-state index in [0.29, 0.717) is 32.0 Å². The summed E-state index contributed by atoms with van der Waals surface area (Å²) in [7, 11) is 1.49. The Hall–Kier alpha value is -0.630. The van der Waals surface area contributed by atoms with Crippen molar-refractivity contribution in [2.45, 2.75) is 25.6 Å². The summed E-state index contributed by atoms with van der Waals surface area (Å²) in [5, 5.41) is 8.53. The van der Waals surface area contributed by atoms with Gasteiger partial charge in [0.15, 0.2) is 5.96 Å². The molecule has 0 saturated carbocycles. The summed E-state index contributed by atoms with van der Waals surface area (Å²) >= 11 is 1.73. The van der Waals surface area contributed by atoms with Gasteiger partial charge in [-0.25, -0.2) is 0 Å². The van der Waals surface area contributed by atoms with Gasteiger partial charge in [0, 0.05) is 31.1 Å². The molecule has 1 fully saturated rings. The highest BCUT2D eigenvalue weighted by Crippen LogP contribution is 2.26. The topological polar surface area (TPSA) is 52.1 Å². The van der Waals surface area contributed by atoms with E-state index in [1.807, 2.05) is 6.92 Å². The van der Waals surface area contributed by atoms with Crippen LogP contribution in [0.15, 0.2) is 22.5 Å². The van der Waals surface area contributed by atoms with Crippen molar-refractivity contribution in [3.63, 3.8) is 0 Å². The fourth-order valence-corrected chi connectivity index (χ4v) is 4.07. The number of morpholine rings is 1. The van der Waals surface area contributed by atoms with Crippen LogP contribution in [0.3, 0.4) is 0 Å². The van der Waals surface area contributed by atoms with Gasteiger partial charge in [0.25, 0.3) is 0 Å². The summed E-state index contributed by atoms with van der Waals surface area (Å²) in [6, 6.07) is 4.39. The van der Waals surface area contributed by atoms with Gasteiger partial charge in [-0.3, -0.25) is 14.8 Å². The van der Waals surface area contributed by atoms with Crippen molar-refractivity contribution in [2.24, 2.45) is 4.99 Å². The molecule has 30 heavy (non-hydrogen) atoms. The lowest BCUT2D eigenvalue weighted by molar-refractivity contribution is -0.143. The van der Waals surface area contributed by atoms with Crippen LogP contribution in [0.2, 0.25) is 0 Å². The predicted molar refractivity (Wildman–Crippen MR) is 127 cm³/mol. The number of nitrogens with zero attached hydrogens (tertiary/aromatic N) is 3. The summed E-state index contributed by atoms with van der Waals surface area (Å²) < 4.78 is 42.7. The van der Waals surface area contributed by atoms with Crippen molar-refractivity contribution >= 4 is 41.3 Å². The van der Waals surface area contributed by atoms with Gasteiger partial charge >= 0.3 is 6.18 Å². The highest BCUT2D eigenvalue weighted by atomic mass is 127. The van der Waals surface area contributed by atoms with E-state index < -0.39 is 12.7 Å². The normalized spacial score (nSPS) is 16.9. The second-order valence-corrected chi connectivity index (χ2v) is 8.01. The minimum Gasteiger partial charge on any atom is -0.379 e. The maximum absolute atomic E-state index is 12.4. The van der Waals surface area contributed by atoms with E-state index in [1.165, 1.54) is 16.8 Å². The summed E-state index contributed by atoms with van der Waals surface area (Å²) in [5.74, 6) is 0.695. The molecule has 2 N–H and O–H groups in total. The third kappa shape index (κ3) is 10.6. The summed E-state index contributed by atoms with van der Waals surface area (Å²) in [4.78, 5) is 9.71. The van der Waals surface area contributed by atoms with Gasteiger partial charge in [-0.2, -0.15) is 13.2 Å². The standard InChI is InChI=1S/C19H32F3N5OS.HI/c1-3-23-18(24-7-5-8-26(2)15-19(20,21)22)25-14-16(17-6-4-13-29-17)27-9-11-28-12-10-27;/h4,6,13,16H,3,5,7-12,14-15H2,1-2H3,(H2,23,24,25);1H. The molecule has 0 aliphatic carbocycles. The van der Waals surface area contributed by atoms with Crippen LogP contribution in [0, 0.1) is 0 Å². The minimum absolute atomic E-state index is 0. The van der Waals surface area contributed by atoms with Crippen LogP contribution in [-0.4, -0.2) is 88.0 Å². The smallest absolute Gasteiger partial charge is 0.379 e. The molecule has 174 valence electrons. The maximum Gasteiger partial charge on any atom is 0.401 e. The molecule has 2 rings (SSSR count). The average molecular weight is 563 g/mol. The first-order chi connectivity index (χ1) is 13.9. The molecule has 1 aromatic rings. The first kappa shape index (κ1) is 27.4. The van der Waals surface area contributed by atoms with E-state index in [0.717, 1.165) is 32.8 Å². The lowest BCUT2D eigenvalue weighted by Gasteiger charge is -2.33. The van der Waals surface area contributed by atoms with Gasteiger partial charge in [-0.1, -0.05) is 6.07 Å². The number of guanidine groups is 1. The molecule has 1 atom stereocenters. The number of rotatable bonds is 10. The number of hydrogen-bond donors (Lipinski definition) is 2. The number of halogens is 4. The number of alkyl halides is 3. The lowest BCUT2D eigenvalue weighted by atomic mass is 10.2. The van der Waals surface area contributed by atoms with Crippen LogP contribution in [-0.2, 0) is 4.74 Å². The van der Waals surface area contributed by atoms with Crippen molar-refractivity contribution in [3.8, 4) is 0 Å². The number of hydrogen-bond acceptors (Lipinski definition) is 5. The summed E-state index contributed by atoms with van der Waals surface area (Å²) in [5.41, 5.74) is 0. The summed E-state index contributed by atoms with van der Waals surface area (Å²) in [6.07, 6.45) is -3.55. The number of thiophene rings is 1. The van der Waals surface area contributed by atoms with Gasteiger partial charge in [-0.05, 0) is 38.4 Å². The van der Waals surface area contributed by atoms with Crippen LogP contribution in [0.25, 0.3) is 0 Å². The van der Waals surface area contributed by atoms with Crippen molar-refractivity contribution in [1.82, 2.24) is 20.4 Å². The van der Waals surface area contributed by atoms with Crippen LogP contribution in [0.1, 0.15) is 24.3 Å². The van der Waals surface area contributed by atoms with Crippen LogP contribution < -0.4 is 10.6 Å². The SMILES string of the molecule is CCNC(=NCC(c1cccs1)N1CCOCC1)NCCCN(C)CC(F)(F)F.I. The quantitative estimate of drug-likeness (QED) is 0.198. The molecule has 0 amide bonds. The number of ether oxygens (including phenoxy) is 1. The number of nitrogens with one attached hydrogen (secondary N) is 2. The molecule has 11 heteroatoms. The van der Waals surface area contributed by atoms with Crippen LogP contribution in [0.5, 0.6) is 0 Å². The molecular formula is C19H33F3IN5OS. The van der Waals surface area contributed by atoms with Crippen molar-refractivity contribution < 1.29 is 17.9 Å². The molecule has 0 aromatic carbocycles. The average Bonchev–Trinajstić information content (AvgIpc) is 3.19. The Bertz CT molecular complexity index is 597. The molecule has 6 nitrogen and oxygen atoms in total. The van der Waals surface area contributed by atoms with Gasteiger partial charge in [0.05, 0.1) is 32.3 Å². The van der Waals surface area contributed by atoms with Crippen molar-refractivity contribution in [1.29, 1.82) is 0 Å². The Balaban J connectivity index is 0.00000450. The first-order valence-electron chi connectivity index (χ1n) is 10.0. The number of aliphatic imine (C=N–C) groups is 1. The Morgan fingerprint density at radius 3 is 2.67 bits per heavy atom. The fraction of sp³-hybridized carbons (Fsp3) is 0.737. The molecule has 1 aromatic heterocycles. The van der Waals surface area contributed by atoms with Gasteiger partial charge in [0.1, 0.15) is 0 Å². The zero-order valence-electron chi connectivity index (χ0n) is 17.6. The monoisotopic (exact) mass is 563 g/mol. The molecule has 1 aliphatic rings. The zero-order valence-corrected chi connectivity index (χ0v) is 20.7.